The van der Waals surface area contributed by atoms with Gasteiger partial charge < -0.3 is 13.7 Å². The summed E-state index contributed by atoms with van der Waals surface area (Å²) in [6, 6.07) is 13.4. The Bertz CT molecular complexity index is 1100. The summed E-state index contributed by atoms with van der Waals surface area (Å²) >= 11 is 1.46. The Morgan fingerprint density at radius 1 is 1.18 bits per heavy atom. The zero-order valence-electron chi connectivity index (χ0n) is 15.4. The second kappa shape index (κ2) is 8.18. The summed E-state index contributed by atoms with van der Waals surface area (Å²) in [5.41, 5.74) is 1.63. The molecule has 8 heteroatoms. The molecule has 0 spiro atoms. The second-order valence-electron chi connectivity index (χ2n) is 5.95. The van der Waals surface area contributed by atoms with Gasteiger partial charge in [-0.25, -0.2) is 4.98 Å². The standard InChI is InChI=1S/C20H18N4O3S/c1-13-7-8-14(26-13)9-10-19-21-20(23-22-19)28-12-15-11-17(24-27-15)16-5-3-4-6-18(16)25-2/h3-11H,12H2,1-2H3,(H,21,22,23)/b10-9+. The summed E-state index contributed by atoms with van der Waals surface area (Å²) in [4.78, 5) is 4.43. The summed E-state index contributed by atoms with van der Waals surface area (Å²) in [5.74, 6) is 4.36. The molecule has 142 valence electrons. The van der Waals surface area contributed by atoms with E-state index in [1.807, 2.05) is 61.5 Å². The molecule has 0 bridgehead atoms. The highest BCUT2D eigenvalue weighted by atomic mass is 32.2. The molecule has 28 heavy (non-hydrogen) atoms. The summed E-state index contributed by atoms with van der Waals surface area (Å²) in [5, 5.41) is 11.9. The van der Waals surface area contributed by atoms with Gasteiger partial charge in [0.2, 0.25) is 5.16 Å². The third kappa shape index (κ3) is 4.17. The quantitative estimate of drug-likeness (QED) is 0.449. The number of aromatic nitrogens is 4. The van der Waals surface area contributed by atoms with Crippen LogP contribution in [0.5, 0.6) is 5.75 Å². The van der Waals surface area contributed by atoms with Crippen molar-refractivity contribution in [1.29, 1.82) is 0 Å². The average molecular weight is 394 g/mol. The van der Waals surface area contributed by atoms with E-state index in [0.29, 0.717) is 16.7 Å². The molecule has 1 N–H and O–H groups in total. The smallest absolute Gasteiger partial charge is 0.209 e. The van der Waals surface area contributed by atoms with Crippen LogP contribution in [-0.4, -0.2) is 27.4 Å². The average Bonchev–Trinajstić information content (AvgIpc) is 3.46. The fraction of sp³-hybridized carbons (Fsp3) is 0.150. The van der Waals surface area contributed by atoms with Crippen molar-refractivity contribution in [1.82, 2.24) is 20.3 Å². The molecule has 0 aliphatic rings. The number of benzene rings is 1. The first-order valence-electron chi connectivity index (χ1n) is 8.60. The number of aryl methyl sites for hydroxylation is 1. The molecule has 1 aromatic carbocycles. The fourth-order valence-corrected chi connectivity index (χ4v) is 3.28. The van der Waals surface area contributed by atoms with Crippen LogP contribution >= 0.6 is 11.8 Å². The van der Waals surface area contributed by atoms with Crippen molar-refractivity contribution in [2.75, 3.05) is 7.11 Å². The van der Waals surface area contributed by atoms with Gasteiger partial charge in [-0.15, -0.1) is 5.10 Å². The highest BCUT2D eigenvalue weighted by molar-refractivity contribution is 7.98. The molecular formula is C20H18N4O3S. The van der Waals surface area contributed by atoms with Crippen molar-refractivity contribution in [2.45, 2.75) is 17.8 Å². The van der Waals surface area contributed by atoms with Crippen LogP contribution in [0.3, 0.4) is 0 Å². The SMILES string of the molecule is COc1ccccc1-c1cc(CSc2n[nH]c(/C=C/c3ccc(C)o3)n2)on1. The lowest BCUT2D eigenvalue weighted by molar-refractivity contribution is 0.395. The Morgan fingerprint density at radius 2 is 2.07 bits per heavy atom. The molecule has 4 rings (SSSR count). The molecule has 0 amide bonds. The molecule has 0 fully saturated rings. The van der Waals surface area contributed by atoms with E-state index in [4.69, 9.17) is 13.7 Å². The molecule has 0 saturated carbocycles. The number of furan rings is 1. The number of thioether (sulfide) groups is 1. The molecule has 0 saturated heterocycles. The number of aromatic amines is 1. The minimum atomic E-state index is 0.570. The van der Waals surface area contributed by atoms with Crippen molar-refractivity contribution in [2.24, 2.45) is 0 Å². The first-order chi connectivity index (χ1) is 13.7. The number of methoxy groups -OCH3 is 1. The van der Waals surface area contributed by atoms with Crippen molar-refractivity contribution >= 4 is 23.9 Å². The number of para-hydroxylation sites is 1. The van der Waals surface area contributed by atoms with Crippen LogP contribution in [0.2, 0.25) is 0 Å². The van der Waals surface area contributed by atoms with Crippen LogP contribution in [0, 0.1) is 6.92 Å². The van der Waals surface area contributed by atoms with Crippen molar-refractivity contribution in [3.05, 3.63) is 65.6 Å². The third-order valence-corrected chi connectivity index (χ3v) is 4.80. The molecule has 0 aliphatic heterocycles. The molecule has 0 atom stereocenters. The van der Waals surface area contributed by atoms with E-state index in [0.717, 1.165) is 34.3 Å². The molecule has 7 nitrogen and oxygen atoms in total. The lowest BCUT2D eigenvalue weighted by Crippen LogP contribution is -1.86. The number of rotatable bonds is 7. The largest absolute Gasteiger partial charge is 0.496 e. The van der Waals surface area contributed by atoms with Crippen LogP contribution in [0.1, 0.15) is 23.1 Å². The Hall–Kier alpha value is -3.26. The predicted molar refractivity (Wildman–Crippen MR) is 107 cm³/mol. The van der Waals surface area contributed by atoms with Gasteiger partial charge in [0.15, 0.2) is 0 Å². The second-order valence-corrected chi connectivity index (χ2v) is 6.89. The Kier molecular flexibility index (Phi) is 5.29. The van der Waals surface area contributed by atoms with Crippen molar-refractivity contribution < 1.29 is 13.7 Å². The van der Waals surface area contributed by atoms with Gasteiger partial charge in [0.05, 0.1) is 12.9 Å². The van der Waals surface area contributed by atoms with E-state index in [2.05, 4.69) is 20.3 Å². The molecule has 0 radical (unpaired) electrons. The monoisotopic (exact) mass is 394 g/mol. The maximum absolute atomic E-state index is 5.49. The zero-order chi connectivity index (χ0) is 19.3. The normalized spacial score (nSPS) is 11.4. The molecule has 3 aromatic heterocycles. The van der Waals surface area contributed by atoms with Crippen LogP contribution in [0.25, 0.3) is 23.4 Å². The Labute approximate surface area is 165 Å². The number of nitrogens with one attached hydrogen (secondary N) is 1. The van der Waals surface area contributed by atoms with Gasteiger partial charge in [-0.05, 0) is 43.3 Å². The highest BCUT2D eigenvalue weighted by Gasteiger charge is 2.12. The highest BCUT2D eigenvalue weighted by Crippen LogP contribution is 2.30. The van der Waals surface area contributed by atoms with E-state index in [1.54, 1.807) is 7.11 Å². The maximum atomic E-state index is 5.49. The maximum Gasteiger partial charge on any atom is 0.209 e. The number of hydrogen-bond donors (Lipinski definition) is 1. The lowest BCUT2D eigenvalue weighted by Gasteiger charge is -2.03. The first-order valence-corrected chi connectivity index (χ1v) is 9.58. The van der Waals surface area contributed by atoms with Gasteiger partial charge in [-0.3, -0.25) is 5.10 Å². The van der Waals surface area contributed by atoms with Gasteiger partial charge in [0.1, 0.15) is 34.5 Å². The summed E-state index contributed by atoms with van der Waals surface area (Å²) < 4.78 is 16.3. The van der Waals surface area contributed by atoms with Gasteiger partial charge in [-0.1, -0.05) is 29.1 Å². The van der Waals surface area contributed by atoms with Crippen molar-refractivity contribution in [3.8, 4) is 17.0 Å². The van der Waals surface area contributed by atoms with Crippen LogP contribution in [-0.2, 0) is 5.75 Å². The Morgan fingerprint density at radius 3 is 2.89 bits per heavy atom. The summed E-state index contributed by atoms with van der Waals surface area (Å²) in [6.07, 6.45) is 3.67. The van der Waals surface area contributed by atoms with Crippen molar-refractivity contribution in [3.63, 3.8) is 0 Å². The van der Waals surface area contributed by atoms with E-state index >= 15 is 0 Å². The number of ether oxygens (including phenoxy) is 1. The van der Waals surface area contributed by atoms with E-state index < -0.39 is 0 Å². The third-order valence-electron chi connectivity index (χ3n) is 3.93. The molecular weight excluding hydrogens is 376 g/mol. The zero-order valence-corrected chi connectivity index (χ0v) is 16.2. The van der Waals surface area contributed by atoms with Gasteiger partial charge >= 0.3 is 0 Å². The molecule has 0 aliphatic carbocycles. The van der Waals surface area contributed by atoms with Gasteiger partial charge in [-0.2, -0.15) is 0 Å². The molecule has 3 heterocycles. The van der Waals surface area contributed by atoms with E-state index in [-0.39, 0.29) is 0 Å². The predicted octanol–water partition coefficient (Wildman–Crippen LogP) is 4.83. The minimum Gasteiger partial charge on any atom is -0.496 e. The van der Waals surface area contributed by atoms with E-state index in [9.17, 15) is 0 Å². The van der Waals surface area contributed by atoms with Crippen LogP contribution in [0.15, 0.2) is 56.6 Å². The van der Waals surface area contributed by atoms with Crippen LogP contribution in [0.4, 0.5) is 0 Å². The number of hydrogen-bond acceptors (Lipinski definition) is 7. The summed E-state index contributed by atoms with van der Waals surface area (Å²) in [6.45, 7) is 1.91. The number of H-pyrrole nitrogens is 1. The van der Waals surface area contributed by atoms with Gasteiger partial charge in [0, 0.05) is 11.6 Å². The molecule has 4 aromatic rings. The van der Waals surface area contributed by atoms with E-state index in [1.165, 1.54) is 11.8 Å². The minimum absolute atomic E-state index is 0.570. The lowest BCUT2D eigenvalue weighted by atomic mass is 10.1. The topological polar surface area (TPSA) is 90.0 Å². The van der Waals surface area contributed by atoms with Crippen LogP contribution < -0.4 is 4.74 Å². The fourth-order valence-electron chi connectivity index (χ4n) is 2.60. The summed E-state index contributed by atoms with van der Waals surface area (Å²) in [7, 11) is 1.64. The molecule has 0 unspecified atom stereocenters. The Balaban J connectivity index is 1.38. The number of nitrogens with zero attached hydrogens (tertiary/aromatic N) is 3. The first kappa shape index (κ1) is 18.1. The van der Waals surface area contributed by atoms with Gasteiger partial charge in [0.25, 0.3) is 0 Å².